The molecule has 0 fully saturated rings. The van der Waals surface area contributed by atoms with E-state index < -0.39 is 35.6 Å². The molecule has 2 unspecified atom stereocenters. The first kappa shape index (κ1) is 54.2. The van der Waals surface area contributed by atoms with Crippen LogP contribution in [-0.4, -0.2) is 121 Å². The Bertz CT molecular complexity index is 3280. The molecule has 4 aromatic carbocycles. The maximum Gasteiger partial charge on any atom is 0.294 e. The predicted octanol–water partition coefficient (Wildman–Crippen LogP) is 7.84. The van der Waals surface area contributed by atoms with Gasteiger partial charge in [-0.1, -0.05) is 51.0 Å². The molecule has 5 aliphatic heterocycles. The third-order valence-electron chi connectivity index (χ3n) is 15.3. The van der Waals surface area contributed by atoms with Crippen LogP contribution in [0.2, 0.25) is 0 Å². The van der Waals surface area contributed by atoms with E-state index in [1.54, 1.807) is 42.5 Å². The Morgan fingerprint density at radius 2 is 1.44 bits per heavy atom. The molecule has 0 bridgehead atoms. The highest BCUT2D eigenvalue weighted by molar-refractivity contribution is 7.92. The first-order chi connectivity index (χ1) is 35.4. The second kappa shape index (κ2) is 21.5. The van der Waals surface area contributed by atoms with Gasteiger partial charge in [0.05, 0.1) is 35.0 Å². The molecular weight excluding hydrogens is 1010 g/mol. The first-order valence-electron chi connectivity index (χ1n) is 26.0. The lowest BCUT2D eigenvalue weighted by molar-refractivity contribution is -0.445. The van der Waals surface area contributed by atoms with E-state index in [0.717, 1.165) is 117 Å². The number of nitrogens with one attached hydrogen (secondary N) is 3. The molecule has 2 atom stereocenters. The molecule has 4 N–H and O–H groups in total. The lowest BCUT2D eigenvalue weighted by Gasteiger charge is -2.42. The molecule has 5 aliphatic rings. The number of allylic oxidation sites excluding steroid dienone is 1. The van der Waals surface area contributed by atoms with Crippen LogP contribution in [0.1, 0.15) is 94.9 Å². The minimum absolute atomic E-state index is 0.0314. The second-order valence-corrected chi connectivity index (χ2v) is 26.6. The average molecular weight is 1080 g/mol. The number of sulfonamides is 2. The van der Waals surface area contributed by atoms with Crippen molar-refractivity contribution in [2.45, 2.75) is 113 Å². The van der Waals surface area contributed by atoms with Crippen LogP contribution < -0.4 is 24.4 Å². The third-order valence-corrected chi connectivity index (χ3v) is 17.3. The summed E-state index contributed by atoms with van der Waals surface area (Å²) in [6.45, 7) is 13.8. The van der Waals surface area contributed by atoms with E-state index in [0.29, 0.717) is 49.7 Å². The summed E-state index contributed by atoms with van der Waals surface area (Å²) in [5, 5.41) is 3.15. The van der Waals surface area contributed by atoms with Crippen LogP contribution in [0, 0.1) is 0 Å². The second-order valence-electron chi connectivity index (χ2n) is 21.7. The Hall–Kier alpha value is -5.57. The number of fused-ring (bicyclic) bond motifs is 8. The van der Waals surface area contributed by atoms with E-state index in [2.05, 4.69) is 81.1 Å². The summed E-state index contributed by atoms with van der Waals surface area (Å²) in [7, 11) is -11.1. The summed E-state index contributed by atoms with van der Waals surface area (Å²) < 4.78 is 101. The lowest BCUT2D eigenvalue weighted by Crippen LogP contribution is -2.47. The number of anilines is 3. The van der Waals surface area contributed by atoms with Gasteiger partial charge in [0.2, 0.25) is 31.6 Å². The van der Waals surface area contributed by atoms with E-state index >= 15 is 0 Å². The van der Waals surface area contributed by atoms with Crippen molar-refractivity contribution in [3.05, 3.63) is 130 Å². The van der Waals surface area contributed by atoms with Gasteiger partial charge >= 0.3 is 0 Å². The van der Waals surface area contributed by atoms with Gasteiger partial charge in [-0.25, -0.2) is 16.8 Å². The topological polar surface area (TPSA) is 204 Å². The maximum absolute atomic E-state index is 13.2. The number of carbonyl (C=O) groups is 1. The molecule has 9 rings (SSSR count). The molecule has 0 saturated carbocycles. The van der Waals surface area contributed by atoms with Gasteiger partial charge in [0, 0.05) is 90.0 Å². The summed E-state index contributed by atoms with van der Waals surface area (Å²) >= 11 is 0. The zero-order valence-electron chi connectivity index (χ0n) is 43.8. The van der Waals surface area contributed by atoms with Crippen molar-refractivity contribution in [2.24, 2.45) is 0 Å². The number of hydrogen-bond acceptors (Lipinski definition) is 11. The van der Waals surface area contributed by atoms with Crippen LogP contribution >= 0.6 is 0 Å². The van der Waals surface area contributed by atoms with Gasteiger partial charge in [0.1, 0.15) is 12.4 Å². The molecule has 16 nitrogen and oxygen atoms in total. The number of nitrogens with zero attached hydrogens (tertiary/aromatic N) is 3. The molecule has 0 aromatic heterocycles. The van der Waals surface area contributed by atoms with Crippen molar-refractivity contribution < 1.29 is 48.6 Å². The predicted molar refractivity (Wildman–Crippen MR) is 294 cm³/mol. The molecule has 19 heteroatoms. The number of hydrogen-bond donors (Lipinski definition) is 4. The van der Waals surface area contributed by atoms with Crippen LogP contribution in [-0.2, 0) is 63.4 Å². The van der Waals surface area contributed by atoms with Crippen molar-refractivity contribution in [3.63, 3.8) is 0 Å². The number of unbranched alkanes of at least 4 members (excludes halogenated alkanes) is 3. The number of amides is 1. The van der Waals surface area contributed by atoms with Gasteiger partial charge in [0.25, 0.3) is 10.1 Å². The third kappa shape index (κ3) is 12.3. The Balaban J connectivity index is 0.764. The maximum atomic E-state index is 13.2. The summed E-state index contributed by atoms with van der Waals surface area (Å²) in [5.41, 5.74) is 11.3. The molecule has 0 saturated heterocycles. The SMILES string of the molecule is CC1(C)C2=C3C=C4C5=[N+](CCC4OC3CCN2c2ccc(CCC(=O)NCCCCCCN(CCOc3ccc(NS(C)(=O)=O)cc3)CCc3ccc(NS(C)(=O)=O)cc3)cc21)c1ccc(S(=O)(=O)O)cc1C5(C)C. The lowest BCUT2D eigenvalue weighted by atomic mass is 9.74. The highest BCUT2D eigenvalue weighted by Gasteiger charge is 2.54. The Kier molecular flexibility index (Phi) is 15.5. The summed E-state index contributed by atoms with van der Waals surface area (Å²) in [6.07, 6.45) is 11.8. The fourth-order valence-corrected chi connectivity index (χ4v) is 13.4. The fourth-order valence-electron chi connectivity index (χ4n) is 11.7. The van der Waals surface area contributed by atoms with Crippen molar-refractivity contribution in [2.75, 3.05) is 72.7 Å². The van der Waals surface area contributed by atoms with E-state index in [4.69, 9.17) is 9.47 Å². The van der Waals surface area contributed by atoms with E-state index in [9.17, 15) is 34.6 Å². The van der Waals surface area contributed by atoms with Crippen LogP contribution in [0.5, 0.6) is 5.75 Å². The molecule has 4 aromatic rings. The molecule has 0 aliphatic carbocycles. The largest absolute Gasteiger partial charge is 0.492 e. The molecule has 402 valence electrons. The Morgan fingerprint density at radius 3 is 2.13 bits per heavy atom. The smallest absolute Gasteiger partial charge is 0.294 e. The minimum atomic E-state index is -4.36. The standard InChI is InChI=1S/C56H70N6O10S3/c1-55(2)46-35-39(13-22-48(46)61-31-26-50-44(53(55)61)37-45-51(72-50)27-32-62-49-23-21-43(75(68,69)70)36-47(49)56(3,4)54(45)62)14-24-52(63)57-28-9-7-8-10-29-60(30-25-38-11-15-40(16-12-38)58-73(5,64)65)33-34-71-42-19-17-41(18-20-42)59-74(6,66)67/h11-13,15-23,35-37,50-51,58-59H,7-10,14,24-34H2,1-6H3,(H-,57,63,68,69,70)/p+1. The highest BCUT2D eigenvalue weighted by Crippen LogP contribution is 2.54. The Labute approximate surface area is 443 Å². The Morgan fingerprint density at radius 1 is 0.760 bits per heavy atom. The van der Waals surface area contributed by atoms with E-state index in [1.165, 1.54) is 28.6 Å². The zero-order valence-corrected chi connectivity index (χ0v) is 46.3. The summed E-state index contributed by atoms with van der Waals surface area (Å²) in [6, 6.07) is 25.8. The molecule has 0 spiro atoms. The first-order valence-corrected chi connectivity index (χ1v) is 31.2. The fraction of sp³-hybridized carbons (Fsp3) is 0.464. The summed E-state index contributed by atoms with van der Waals surface area (Å²) in [4.78, 5) is 17.9. The van der Waals surface area contributed by atoms with Crippen molar-refractivity contribution in [1.82, 2.24) is 10.2 Å². The number of rotatable bonds is 22. The highest BCUT2D eigenvalue weighted by atomic mass is 32.2. The monoisotopic (exact) mass is 1080 g/mol. The normalized spacial score (nSPS) is 19.4. The number of benzene rings is 4. The van der Waals surface area contributed by atoms with Gasteiger partial charge in [-0.3, -0.25) is 23.7 Å². The van der Waals surface area contributed by atoms with Crippen LogP contribution in [0.15, 0.2) is 113 Å². The van der Waals surface area contributed by atoms with Gasteiger partial charge in [-0.15, -0.1) is 0 Å². The molecular formula is C56H71N6O10S3+. The van der Waals surface area contributed by atoms with Gasteiger partial charge in [0.15, 0.2) is 12.3 Å². The quantitative estimate of drug-likeness (QED) is 0.0338. The average Bonchev–Trinajstić information content (AvgIpc) is 3.72. The molecule has 0 radical (unpaired) electrons. The summed E-state index contributed by atoms with van der Waals surface area (Å²) in [5.74, 6) is 0.682. The van der Waals surface area contributed by atoms with Gasteiger partial charge < -0.3 is 19.7 Å². The van der Waals surface area contributed by atoms with Gasteiger partial charge in [-0.05, 0) is 130 Å². The van der Waals surface area contributed by atoms with Crippen molar-refractivity contribution in [3.8, 4) is 5.75 Å². The minimum Gasteiger partial charge on any atom is -0.492 e. The van der Waals surface area contributed by atoms with Crippen LogP contribution in [0.25, 0.3) is 0 Å². The molecule has 75 heavy (non-hydrogen) atoms. The van der Waals surface area contributed by atoms with E-state index in [-0.39, 0.29) is 28.4 Å². The van der Waals surface area contributed by atoms with Crippen molar-refractivity contribution in [1.29, 1.82) is 0 Å². The number of aryl methyl sites for hydroxylation is 1. The van der Waals surface area contributed by atoms with Crippen LogP contribution in [0.4, 0.5) is 22.7 Å². The number of ether oxygens (including phenoxy) is 2. The van der Waals surface area contributed by atoms with Crippen molar-refractivity contribution >= 4 is 64.5 Å². The van der Waals surface area contributed by atoms with Crippen LogP contribution in [0.3, 0.4) is 0 Å². The molecule has 1 amide bonds. The van der Waals surface area contributed by atoms with Gasteiger partial charge in [-0.2, -0.15) is 13.0 Å². The molecule has 5 heterocycles. The van der Waals surface area contributed by atoms with E-state index in [1.807, 2.05) is 18.2 Å². The number of carbonyl (C=O) groups excluding carboxylic acids is 1. The zero-order chi connectivity index (χ0) is 53.5.